The Kier molecular flexibility index (Phi) is 4.93. The Morgan fingerprint density at radius 3 is 2.25 bits per heavy atom. The molecule has 2 amide bonds. The van der Waals surface area contributed by atoms with Crippen LogP contribution in [0.4, 0.5) is 10.5 Å². The van der Waals surface area contributed by atoms with E-state index in [9.17, 15) is 4.79 Å². The van der Waals surface area contributed by atoms with E-state index < -0.39 is 0 Å². The molecule has 0 radical (unpaired) electrons. The van der Waals surface area contributed by atoms with Crippen LogP contribution >= 0.6 is 0 Å². The summed E-state index contributed by atoms with van der Waals surface area (Å²) in [6.45, 7) is 2.32. The maximum absolute atomic E-state index is 12.3. The first-order chi connectivity index (χ1) is 13.7. The van der Waals surface area contributed by atoms with Gasteiger partial charge in [0, 0.05) is 23.6 Å². The molecule has 0 saturated heterocycles. The number of carbonyl (C=O) groups is 1. The Labute approximate surface area is 163 Å². The molecular weight excluding hydrogens is 350 g/mol. The van der Waals surface area contributed by atoms with Crippen molar-refractivity contribution < 1.29 is 4.79 Å². The third kappa shape index (κ3) is 3.66. The van der Waals surface area contributed by atoms with E-state index in [1.165, 1.54) is 0 Å². The van der Waals surface area contributed by atoms with E-state index in [-0.39, 0.29) is 6.03 Å². The molecule has 2 heterocycles. The Morgan fingerprint density at radius 2 is 1.57 bits per heavy atom. The highest BCUT2D eigenvalue weighted by molar-refractivity contribution is 5.89. The predicted octanol–water partition coefficient (Wildman–Crippen LogP) is 4.29. The monoisotopic (exact) mass is 371 g/mol. The van der Waals surface area contributed by atoms with E-state index >= 15 is 0 Å². The second-order valence-electron chi connectivity index (χ2n) is 6.40. The van der Waals surface area contributed by atoms with Gasteiger partial charge in [-0.25, -0.2) is 9.48 Å². The van der Waals surface area contributed by atoms with E-state index in [1.54, 1.807) is 0 Å². The van der Waals surface area contributed by atoms with Crippen LogP contribution < -0.4 is 10.6 Å². The van der Waals surface area contributed by atoms with Crippen LogP contribution in [0.25, 0.3) is 11.5 Å². The summed E-state index contributed by atoms with van der Waals surface area (Å²) in [5.41, 5.74) is 3.55. The summed E-state index contributed by atoms with van der Waals surface area (Å²) >= 11 is 0. The number of anilines is 1. The second-order valence-corrected chi connectivity index (χ2v) is 6.40. The average molecular weight is 371 g/mol. The number of rotatable bonds is 5. The predicted molar refractivity (Wildman–Crippen MR) is 110 cm³/mol. The van der Waals surface area contributed by atoms with E-state index in [2.05, 4.69) is 10.6 Å². The molecule has 0 fully saturated rings. The third-order valence-electron chi connectivity index (χ3n) is 4.46. The summed E-state index contributed by atoms with van der Waals surface area (Å²) in [7, 11) is 0. The average Bonchev–Trinajstić information content (AvgIpc) is 3.35. The maximum atomic E-state index is 12.3. The number of hydrogen-bond acceptors (Lipinski definition) is 2. The van der Waals surface area contributed by atoms with E-state index in [0.29, 0.717) is 6.54 Å². The normalized spacial score (nSPS) is 10.6. The smallest absolute Gasteiger partial charge is 0.319 e. The topological polar surface area (TPSA) is 63.9 Å². The molecule has 6 nitrogen and oxygen atoms in total. The van der Waals surface area contributed by atoms with Gasteiger partial charge in [0.2, 0.25) is 0 Å². The van der Waals surface area contributed by atoms with Gasteiger partial charge in [-0.15, -0.1) is 0 Å². The van der Waals surface area contributed by atoms with Crippen LogP contribution in [0, 0.1) is 6.92 Å². The summed E-state index contributed by atoms with van der Waals surface area (Å²) < 4.78 is 3.92. The summed E-state index contributed by atoms with van der Waals surface area (Å²) in [4.78, 5) is 12.3. The van der Waals surface area contributed by atoms with Crippen LogP contribution in [0.2, 0.25) is 0 Å². The van der Waals surface area contributed by atoms with Crippen molar-refractivity contribution in [1.29, 1.82) is 0 Å². The molecule has 2 N–H and O–H groups in total. The van der Waals surface area contributed by atoms with Gasteiger partial charge in [0.25, 0.3) is 0 Å². The van der Waals surface area contributed by atoms with Gasteiger partial charge < -0.3 is 15.2 Å². The number of hydrogen-bond donors (Lipinski definition) is 2. The minimum atomic E-state index is -0.253. The van der Waals surface area contributed by atoms with Crippen LogP contribution in [-0.2, 0) is 6.54 Å². The summed E-state index contributed by atoms with van der Waals surface area (Å²) in [5.74, 6) is 0.911. The number of amides is 2. The molecule has 2 aromatic heterocycles. The SMILES string of the molecule is Cc1nn(-c2ccccc2)c(-n2cccc2)c1CNC(=O)Nc1ccccc1. The van der Waals surface area contributed by atoms with Crippen LogP contribution in [0.1, 0.15) is 11.3 Å². The summed E-state index contributed by atoms with van der Waals surface area (Å²) in [6.07, 6.45) is 3.95. The Balaban J connectivity index is 1.62. The minimum absolute atomic E-state index is 0.253. The highest BCUT2D eigenvalue weighted by Crippen LogP contribution is 2.23. The fourth-order valence-electron chi connectivity index (χ4n) is 3.11. The molecule has 28 heavy (non-hydrogen) atoms. The van der Waals surface area contributed by atoms with Crippen molar-refractivity contribution in [2.45, 2.75) is 13.5 Å². The number of para-hydroxylation sites is 2. The minimum Gasteiger partial charge on any atom is -0.334 e. The van der Waals surface area contributed by atoms with Gasteiger partial charge in [0.05, 0.1) is 17.9 Å². The van der Waals surface area contributed by atoms with Crippen LogP contribution in [-0.4, -0.2) is 20.4 Å². The maximum Gasteiger partial charge on any atom is 0.319 e. The lowest BCUT2D eigenvalue weighted by atomic mass is 10.2. The third-order valence-corrected chi connectivity index (χ3v) is 4.46. The Morgan fingerprint density at radius 1 is 0.929 bits per heavy atom. The van der Waals surface area contributed by atoms with Crippen molar-refractivity contribution in [3.05, 3.63) is 96.4 Å². The quantitative estimate of drug-likeness (QED) is 0.550. The first kappa shape index (κ1) is 17.6. The van der Waals surface area contributed by atoms with Gasteiger partial charge in [0.15, 0.2) is 0 Å². The molecule has 0 bridgehead atoms. The van der Waals surface area contributed by atoms with Crippen molar-refractivity contribution in [2.24, 2.45) is 0 Å². The number of nitrogens with one attached hydrogen (secondary N) is 2. The second kappa shape index (κ2) is 7.84. The molecule has 0 spiro atoms. The van der Waals surface area contributed by atoms with Gasteiger partial charge in [-0.2, -0.15) is 5.10 Å². The molecule has 140 valence electrons. The molecule has 4 rings (SSSR count). The zero-order chi connectivity index (χ0) is 19.3. The largest absolute Gasteiger partial charge is 0.334 e. The first-order valence-electron chi connectivity index (χ1n) is 9.09. The van der Waals surface area contributed by atoms with Crippen molar-refractivity contribution in [3.8, 4) is 11.5 Å². The molecular formula is C22H21N5O. The molecule has 0 aliphatic heterocycles. The Hall–Kier alpha value is -3.80. The number of benzene rings is 2. The van der Waals surface area contributed by atoms with Gasteiger partial charge in [-0.3, -0.25) is 0 Å². The number of aromatic nitrogens is 3. The zero-order valence-corrected chi connectivity index (χ0v) is 15.5. The number of nitrogens with zero attached hydrogens (tertiary/aromatic N) is 3. The summed E-state index contributed by atoms with van der Waals surface area (Å²) in [5, 5.41) is 10.5. The molecule has 4 aromatic rings. The summed E-state index contributed by atoms with van der Waals surface area (Å²) in [6, 6.07) is 23.0. The lowest BCUT2D eigenvalue weighted by Gasteiger charge is -2.12. The van der Waals surface area contributed by atoms with Crippen molar-refractivity contribution in [2.75, 3.05) is 5.32 Å². The number of carbonyl (C=O) groups excluding carboxylic acids is 1. The van der Waals surface area contributed by atoms with E-state index in [4.69, 9.17) is 5.10 Å². The highest BCUT2D eigenvalue weighted by Gasteiger charge is 2.18. The van der Waals surface area contributed by atoms with Gasteiger partial charge in [-0.1, -0.05) is 36.4 Å². The van der Waals surface area contributed by atoms with Crippen LogP contribution in [0.5, 0.6) is 0 Å². The van der Waals surface area contributed by atoms with Crippen molar-refractivity contribution in [1.82, 2.24) is 19.7 Å². The van der Waals surface area contributed by atoms with Gasteiger partial charge >= 0.3 is 6.03 Å². The molecule has 0 atom stereocenters. The fraction of sp³-hybridized carbons (Fsp3) is 0.0909. The van der Waals surface area contributed by atoms with Crippen molar-refractivity contribution in [3.63, 3.8) is 0 Å². The molecule has 0 unspecified atom stereocenters. The fourth-order valence-corrected chi connectivity index (χ4v) is 3.11. The molecule has 0 aliphatic rings. The molecule has 6 heteroatoms. The molecule has 0 aliphatic carbocycles. The zero-order valence-electron chi connectivity index (χ0n) is 15.5. The molecule has 0 saturated carbocycles. The van der Waals surface area contributed by atoms with Gasteiger partial charge in [0.1, 0.15) is 5.82 Å². The van der Waals surface area contributed by atoms with Crippen LogP contribution in [0.15, 0.2) is 85.2 Å². The number of urea groups is 1. The highest BCUT2D eigenvalue weighted by atomic mass is 16.2. The Bertz CT molecular complexity index is 1050. The van der Waals surface area contributed by atoms with Gasteiger partial charge in [-0.05, 0) is 43.3 Å². The van der Waals surface area contributed by atoms with E-state index in [1.807, 2.05) is 101 Å². The van der Waals surface area contributed by atoms with Crippen LogP contribution in [0.3, 0.4) is 0 Å². The van der Waals surface area contributed by atoms with E-state index in [0.717, 1.165) is 28.5 Å². The van der Waals surface area contributed by atoms with Crippen molar-refractivity contribution >= 4 is 11.7 Å². The number of aryl methyl sites for hydroxylation is 1. The lowest BCUT2D eigenvalue weighted by Crippen LogP contribution is -2.28. The first-order valence-corrected chi connectivity index (χ1v) is 9.09. The standard InChI is InChI=1S/C22H21N5O/c1-17-20(16-23-22(28)24-18-10-4-2-5-11-18)21(26-14-8-9-15-26)27(25-17)19-12-6-3-7-13-19/h2-15H,16H2,1H3,(H2,23,24,28). The lowest BCUT2D eigenvalue weighted by molar-refractivity contribution is 0.251. The molecule has 2 aromatic carbocycles.